The molecule has 1 aliphatic rings. The molecule has 0 saturated carbocycles. The summed E-state index contributed by atoms with van der Waals surface area (Å²) in [7, 11) is -3.45. The zero-order chi connectivity index (χ0) is 21.7. The first-order valence-electron chi connectivity index (χ1n) is 9.91. The molecule has 0 bridgehead atoms. The van der Waals surface area contributed by atoms with E-state index in [2.05, 4.69) is 9.97 Å². The second kappa shape index (κ2) is 9.99. The van der Waals surface area contributed by atoms with E-state index in [1.165, 1.54) is 22.3 Å². The number of rotatable bonds is 8. The number of pyridine rings is 2. The van der Waals surface area contributed by atoms with Crippen LogP contribution in [0, 0.1) is 0 Å². The summed E-state index contributed by atoms with van der Waals surface area (Å²) in [6.45, 7) is 1.57. The molecule has 3 heterocycles. The molecule has 1 saturated heterocycles. The summed E-state index contributed by atoms with van der Waals surface area (Å²) in [5.41, 5.74) is 1.92. The molecule has 0 amide bonds. The number of ether oxygens (including phenoxy) is 1. The largest absolute Gasteiger partial charge is 0.489 e. The summed E-state index contributed by atoms with van der Waals surface area (Å²) in [6, 6.07) is 12.7. The van der Waals surface area contributed by atoms with Crippen LogP contribution in [0.15, 0.2) is 71.0 Å². The monoisotopic (exact) mass is 475 g/mol. The Kier molecular flexibility index (Phi) is 7.12. The van der Waals surface area contributed by atoms with Crippen molar-refractivity contribution in [2.75, 3.05) is 13.1 Å². The highest BCUT2D eigenvalue weighted by Gasteiger charge is 2.27. The van der Waals surface area contributed by atoms with Gasteiger partial charge in [0.1, 0.15) is 17.3 Å². The lowest BCUT2D eigenvalue weighted by molar-refractivity contribution is 0.303. The van der Waals surface area contributed by atoms with Crippen LogP contribution in [-0.2, 0) is 22.4 Å². The van der Waals surface area contributed by atoms with Gasteiger partial charge in [-0.1, -0.05) is 17.7 Å². The molecule has 0 unspecified atom stereocenters. The summed E-state index contributed by atoms with van der Waals surface area (Å²) < 4.78 is 32.8. The van der Waals surface area contributed by atoms with Crippen molar-refractivity contribution in [3.05, 3.63) is 77.2 Å². The number of hydrogen-bond acceptors (Lipinski definition) is 6. The highest BCUT2D eigenvalue weighted by atomic mass is 35.5. The standard InChI is InChI=1S/C22H22ClN3O3S2/c23-19-5-7-21(29-15-17-4-3-9-24-13-17)18(12-19)16-30-22-8-6-20(14-25-22)31(27,28)26-10-1-2-11-26/h3-9,12-14H,1-2,10-11,15-16H2. The Hall–Kier alpha value is -2.13. The van der Waals surface area contributed by atoms with Gasteiger partial charge in [-0.05, 0) is 49.2 Å². The van der Waals surface area contributed by atoms with E-state index in [0.29, 0.717) is 30.5 Å². The van der Waals surface area contributed by atoms with E-state index in [4.69, 9.17) is 16.3 Å². The number of benzene rings is 1. The molecule has 0 atom stereocenters. The molecule has 2 aromatic heterocycles. The van der Waals surface area contributed by atoms with Crippen LogP contribution in [0.1, 0.15) is 24.0 Å². The van der Waals surface area contributed by atoms with Gasteiger partial charge in [0.25, 0.3) is 0 Å². The molecule has 1 fully saturated rings. The SMILES string of the molecule is O=S(=O)(c1ccc(SCc2cc(Cl)ccc2OCc2cccnc2)nc1)N1CCCC1. The van der Waals surface area contributed by atoms with Gasteiger partial charge in [-0.3, -0.25) is 4.98 Å². The number of aromatic nitrogens is 2. The lowest BCUT2D eigenvalue weighted by Gasteiger charge is -2.15. The fraction of sp³-hybridized carbons (Fsp3) is 0.273. The lowest BCUT2D eigenvalue weighted by atomic mass is 10.2. The highest BCUT2D eigenvalue weighted by Crippen LogP contribution is 2.30. The van der Waals surface area contributed by atoms with Crippen LogP contribution in [0.5, 0.6) is 5.75 Å². The van der Waals surface area contributed by atoms with Crippen molar-refractivity contribution in [3.63, 3.8) is 0 Å². The van der Waals surface area contributed by atoms with Crippen LogP contribution in [0.2, 0.25) is 5.02 Å². The Morgan fingerprint density at radius 3 is 2.65 bits per heavy atom. The molecule has 0 spiro atoms. The molecule has 6 nitrogen and oxygen atoms in total. The molecule has 4 rings (SSSR count). The first-order valence-corrected chi connectivity index (χ1v) is 12.7. The van der Waals surface area contributed by atoms with Crippen molar-refractivity contribution >= 4 is 33.4 Å². The maximum absolute atomic E-state index is 12.6. The van der Waals surface area contributed by atoms with Gasteiger partial charge in [-0.25, -0.2) is 13.4 Å². The van der Waals surface area contributed by atoms with Crippen molar-refractivity contribution in [2.24, 2.45) is 0 Å². The third-order valence-electron chi connectivity index (χ3n) is 4.93. The van der Waals surface area contributed by atoms with Gasteiger partial charge in [-0.15, -0.1) is 11.8 Å². The molecule has 1 aliphatic heterocycles. The first-order chi connectivity index (χ1) is 15.0. The summed E-state index contributed by atoms with van der Waals surface area (Å²) >= 11 is 7.69. The zero-order valence-corrected chi connectivity index (χ0v) is 19.2. The summed E-state index contributed by atoms with van der Waals surface area (Å²) in [5.74, 6) is 1.34. The number of hydrogen-bond donors (Lipinski definition) is 0. The number of sulfonamides is 1. The van der Waals surface area contributed by atoms with Crippen LogP contribution in [-0.4, -0.2) is 35.8 Å². The fourth-order valence-corrected chi connectivity index (χ4v) is 5.76. The molecule has 31 heavy (non-hydrogen) atoms. The van der Waals surface area contributed by atoms with Crippen molar-refractivity contribution < 1.29 is 13.2 Å². The lowest BCUT2D eigenvalue weighted by Crippen LogP contribution is -2.27. The second-order valence-electron chi connectivity index (χ2n) is 7.13. The molecule has 0 N–H and O–H groups in total. The van der Waals surface area contributed by atoms with Crippen molar-refractivity contribution in [1.29, 1.82) is 0 Å². The molecule has 0 radical (unpaired) electrons. The fourth-order valence-electron chi connectivity index (χ4n) is 3.28. The smallest absolute Gasteiger partial charge is 0.244 e. The molecule has 0 aliphatic carbocycles. The average molecular weight is 476 g/mol. The quantitative estimate of drug-likeness (QED) is 0.436. The van der Waals surface area contributed by atoms with Crippen LogP contribution in [0.3, 0.4) is 0 Å². The predicted molar refractivity (Wildman–Crippen MR) is 122 cm³/mol. The van der Waals surface area contributed by atoms with Gasteiger partial charge in [0.05, 0.1) is 5.03 Å². The Morgan fingerprint density at radius 1 is 1.10 bits per heavy atom. The van der Waals surface area contributed by atoms with Crippen LogP contribution < -0.4 is 4.74 Å². The molecule has 3 aromatic rings. The van der Waals surface area contributed by atoms with Gasteiger partial charge in [0.15, 0.2) is 0 Å². The Labute approximate surface area is 191 Å². The van der Waals surface area contributed by atoms with E-state index >= 15 is 0 Å². The van der Waals surface area contributed by atoms with E-state index in [9.17, 15) is 8.42 Å². The van der Waals surface area contributed by atoms with E-state index < -0.39 is 10.0 Å². The average Bonchev–Trinajstić information content (AvgIpc) is 3.34. The molecular weight excluding hydrogens is 454 g/mol. The van der Waals surface area contributed by atoms with Gasteiger partial charge in [0, 0.05) is 53.6 Å². The number of nitrogens with zero attached hydrogens (tertiary/aromatic N) is 3. The Morgan fingerprint density at radius 2 is 1.94 bits per heavy atom. The Bertz CT molecular complexity index is 1120. The van der Waals surface area contributed by atoms with Crippen molar-refractivity contribution in [2.45, 2.75) is 35.1 Å². The maximum atomic E-state index is 12.6. The number of halogens is 1. The van der Waals surface area contributed by atoms with Gasteiger partial charge in [-0.2, -0.15) is 4.31 Å². The summed E-state index contributed by atoms with van der Waals surface area (Å²) in [4.78, 5) is 8.69. The van der Waals surface area contributed by atoms with Crippen LogP contribution in [0.4, 0.5) is 0 Å². The minimum atomic E-state index is -3.45. The minimum Gasteiger partial charge on any atom is -0.489 e. The van der Waals surface area contributed by atoms with Crippen molar-refractivity contribution in [1.82, 2.24) is 14.3 Å². The zero-order valence-electron chi connectivity index (χ0n) is 16.8. The van der Waals surface area contributed by atoms with Crippen LogP contribution >= 0.6 is 23.4 Å². The molecule has 9 heteroatoms. The second-order valence-corrected chi connectivity index (χ2v) is 10.5. The van der Waals surface area contributed by atoms with Gasteiger partial charge < -0.3 is 4.74 Å². The summed E-state index contributed by atoms with van der Waals surface area (Å²) in [6.07, 6.45) is 6.75. The topological polar surface area (TPSA) is 72.4 Å². The first kappa shape index (κ1) is 22.1. The summed E-state index contributed by atoms with van der Waals surface area (Å²) in [5, 5.41) is 1.36. The van der Waals surface area contributed by atoms with E-state index in [1.807, 2.05) is 24.3 Å². The van der Waals surface area contributed by atoms with E-state index in [-0.39, 0.29) is 4.90 Å². The minimum absolute atomic E-state index is 0.238. The molecule has 1 aromatic carbocycles. The van der Waals surface area contributed by atoms with Gasteiger partial charge >= 0.3 is 0 Å². The maximum Gasteiger partial charge on any atom is 0.244 e. The normalized spacial score (nSPS) is 14.6. The number of thioether (sulfide) groups is 1. The molecule has 162 valence electrons. The third-order valence-corrected chi connectivity index (χ3v) is 8.04. The van der Waals surface area contributed by atoms with E-state index in [1.54, 1.807) is 30.6 Å². The third kappa shape index (κ3) is 5.57. The van der Waals surface area contributed by atoms with Crippen molar-refractivity contribution in [3.8, 4) is 5.75 Å². The van der Waals surface area contributed by atoms with Crippen LogP contribution in [0.25, 0.3) is 0 Å². The Balaban J connectivity index is 1.42. The van der Waals surface area contributed by atoms with E-state index in [0.717, 1.165) is 34.7 Å². The molecular formula is C22H22ClN3O3S2. The van der Waals surface area contributed by atoms with Gasteiger partial charge in [0.2, 0.25) is 10.0 Å². The highest BCUT2D eigenvalue weighted by molar-refractivity contribution is 7.98. The predicted octanol–water partition coefficient (Wildman–Crippen LogP) is 4.79.